The molecule has 0 heterocycles. The van der Waals surface area contributed by atoms with Gasteiger partial charge in [0, 0.05) is 5.92 Å². The molecule has 0 aromatic heterocycles. The fourth-order valence-corrected chi connectivity index (χ4v) is 2.00. The standard InChI is InChI=1S/C17H24N2/c1-5-7-9-12-15(6-2)17(3,4)19-18-16-13-10-8-11-14-16/h5-6,8,10-11,13-15H,1-2,7,9,12H2,3-4H3. The molecule has 0 aliphatic carbocycles. The first-order valence-corrected chi connectivity index (χ1v) is 6.81. The van der Waals surface area contributed by atoms with E-state index in [2.05, 4.69) is 37.2 Å². The number of nitrogens with zero attached hydrogens (tertiary/aromatic N) is 2. The molecule has 1 unspecified atom stereocenters. The van der Waals surface area contributed by atoms with Gasteiger partial charge in [-0.2, -0.15) is 10.2 Å². The molecule has 0 N–H and O–H groups in total. The van der Waals surface area contributed by atoms with E-state index in [1.807, 2.05) is 42.5 Å². The van der Waals surface area contributed by atoms with Crippen LogP contribution in [0.4, 0.5) is 5.69 Å². The fourth-order valence-electron chi connectivity index (χ4n) is 2.00. The minimum atomic E-state index is -0.223. The first-order chi connectivity index (χ1) is 9.10. The van der Waals surface area contributed by atoms with Crippen molar-refractivity contribution in [3.8, 4) is 0 Å². The predicted molar refractivity (Wildman–Crippen MR) is 82.8 cm³/mol. The maximum Gasteiger partial charge on any atom is 0.0852 e. The lowest BCUT2D eigenvalue weighted by Gasteiger charge is -2.27. The Labute approximate surface area is 117 Å². The molecule has 102 valence electrons. The number of unbranched alkanes of at least 4 members (excludes halogenated alkanes) is 1. The lowest BCUT2D eigenvalue weighted by molar-refractivity contribution is 0.346. The molecule has 0 aliphatic rings. The molecule has 19 heavy (non-hydrogen) atoms. The smallest absolute Gasteiger partial charge is 0.0852 e. The Balaban J connectivity index is 2.68. The maximum atomic E-state index is 4.50. The van der Waals surface area contributed by atoms with Crippen molar-refractivity contribution in [2.24, 2.45) is 16.1 Å². The summed E-state index contributed by atoms with van der Waals surface area (Å²) in [5.41, 5.74) is 0.670. The predicted octanol–water partition coefficient (Wildman–Crippen LogP) is 5.71. The summed E-state index contributed by atoms with van der Waals surface area (Å²) in [7, 11) is 0. The summed E-state index contributed by atoms with van der Waals surface area (Å²) in [6.07, 6.45) is 7.17. The zero-order valence-electron chi connectivity index (χ0n) is 12.0. The first kappa shape index (κ1) is 15.4. The highest BCUT2D eigenvalue weighted by Gasteiger charge is 2.26. The van der Waals surface area contributed by atoms with Crippen LogP contribution in [0.1, 0.15) is 33.1 Å². The fraction of sp³-hybridized carbons (Fsp3) is 0.412. The highest BCUT2D eigenvalue weighted by molar-refractivity contribution is 5.34. The molecule has 1 aromatic rings. The third-order valence-electron chi connectivity index (χ3n) is 3.29. The van der Waals surface area contributed by atoms with E-state index in [1.165, 1.54) is 0 Å². The zero-order chi connectivity index (χ0) is 14.1. The van der Waals surface area contributed by atoms with E-state index in [0.717, 1.165) is 24.9 Å². The molecule has 0 radical (unpaired) electrons. The summed E-state index contributed by atoms with van der Waals surface area (Å²) in [4.78, 5) is 0. The van der Waals surface area contributed by atoms with E-state index in [-0.39, 0.29) is 5.54 Å². The molecule has 0 amide bonds. The van der Waals surface area contributed by atoms with Crippen LogP contribution in [-0.2, 0) is 0 Å². The second kappa shape index (κ2) is 7.67. The molecule has 0 saturated heterocycles. The number of benzene rings is 1. The van der Waals surface area contributed by atoms with Crippen molar-refractivity contribution in [1.82, 2.24) is 0 Å². The summed E-state index contributed by atoms with van der Waals surface area (Å²) < 4.78 is 0. The maximum absolute atomic E-state index is 4.50. The lowest BCUT2D eigenvalue weighted by atomic mass is 9.84. The SMILES string of the molecule is C=CCCCC(C=C)C(C)(C)N=Nc1ccccc1. The molecule has 2 nitrogen and oxygen atoms in total. The van der Waals surface area contributed by atoms with Gasteiger partial charge in [0.2, 0.25) is 0 Å². The van der Waals surface area contributed by atoms with Crippen molar-refractivity contribution in [1.29, 1.82) is 0 Å². The van der Waals surface area contributed by atoms with Crippen LogP contribution in [0.25, 0.3) is 0 Å². The summed E-state index contributed by atoms with van der Waals surface area (Å²) in [5, 5.41) is 8.84. The molecule has 0 saturated carbocycles. The molecule has 0 bridgehead atoms. The summed E-state index contributed by atoms with van der Waals surface area (Å²) in [6.45, 7) is 11.9. The number of allylic oxidation sites excluding steroid dienone is 1. The van der Waals surface area contributed by atoms with E-state index < -0.39 is 0 Å². The third kappa shape index (κ3) is 5.21. The van der Waals surface area contributed by atoms with Crippen LogP contribution in [0.5, 0.6) is 0 Å². The Bertz CT molecular complexity index is 418. The largest absolute Gasteiger partial charge is 0.182 e. The van der Waals surface area contributed by atoms with Gasteiger partial charge in [-0.3, -0.25) is 0 Å². The normalized spacial score (nSPS) is 13.4. The quantitative estimate of drug-likeness (QED) is 0.323. The van der Waals surface area contributed by atoms with E-state index in [0.29, 0.717) is 5.92 Å². The molecular formula is C17H24N2. The Kier molecular flexibility index (Phi) is 6.20. The highest BCUT2D eigenvalue weighted by atomic mass is 15.1. The monoisotopic (exact) mass is 256 g/mol. The van der Waals surface area contributed by atoms with Gasteiger partial charge in [0.25, 0.3) is 0 Å². The lowest BCUT2D eigenvalue weighted by Crippen LogP contribution is -2.27. The second-order valence-corrected chi connectivity index (χ2v) is 5.25. The summed E-state index contributed by atoms with van der Waals surface area (Å²) in [6, 6.07) is 9.83. The molecule has 0 spiro atoms. The van der Waals surface area contributed by atoms with Crippen LogP contribution < -0.4 is 0 Å². The van der Waals surface area contributed by atoms with Crippen molar-refractivity contribution >= 4 is 5.69 Å². The molecule has 0 aliphatic heterocycles. The Morgan fingerprint density at radius 2 is 1.89 bits per heavy atom. The minimum Gasteiger partial charge on any atom is -0.182 e. The van der Waals surface area contributed by atoms with E-state index in [1.54, 1.807) is 0 Å². The topological polar surface area (TPSA) is 24.7 Å². The van der Waals surface area contributed by atoms with Crippen LogP contribution in [0.3, 0.4) is 0 Å². The molecule has 1 atom stereocenters. The average molecular weight is 256 g/mol. The molecule has 2 heteroatoms. The van der Waals surface area contributed by atoms with Crippen molar-refractivity contribution in [2.45, 2.75) is 38.6 Å². The van der Waals surface area contributed by atoms with Crippen LogP contribution in [0.2, 0.25) is 0 Å². The van der Waals surface area contributed by atoms with Crippen molar-refractivity contribution in [3.05, 3.63) is 55.6 Å². The van der Waals surface area contributed by atoms with Crippen LogP contribution in [0.15, 0.2) is 65.9 Å². The molecule has 1 rings (SSSR count). The first-order valence-electron chi connectivity index (χ1n) is 6.81. The van der Waals surface area contributed by atoms with E-state index in [4.69, 9.17) is 0 Å². The van der Waals surface area contributed by atoms with Crippen LogP contribution in [-0.4, -0.2) is 5.54 Å². The molecular weight excluding hydrogens is 232 g/mol. The summed E-state index contributed by atoms with van der Waals surface area (Å²) in [5.74, 6) is 0.333. The number of rotatable bonds is 8. The average Bonchev–Trinajstić information content (AvgIpc) is 2.42. The van der Waals surface area contributed by atoms with Crippen LogP contribution >= 0.6 is 0 Å². The molecule has 0 fully saturated rings. The van der Waals surface area contributed by atoms with E-state index >= 15 is 0 Å². The van der Waals surface area contributed by atoms with Crippen molar-refractivity contribution in [3.63, 3.8) is 0 Å². The van der Waals surface area contributed by atoms with Crippen LogP contribution in [0, 0.1) is 5.92 Å². The number of azo groups is 1. The van der Waals surface area contributed by atoms with Crippen molar-refractivity contribution < 1.29 is 0 Å². The van der Waals surface area contributed by atoms with Gasteiger partial charge in [0.05, 0.1) is 11.2 Å². The third-order valence-corrected chi connectivity index (χ3v) is 3.29. The highest BCUT2D eigenvalue weighted by Crippen LogP contribution is 2.29. The number of hydrogen-bond acceptors (Lipinski definition) is 2. The van der Waals surface area contributed by atoms with E-state index in [9.17, 15) is 0 Å². The molecule has 1 aromatic carbocycles. The number of hydrogen-bond donors (Lipinski definition) is 0. The van der Waals surface area contributed by atoms with Gasteiger partial charge in [-0.1, -0.05) is 30.4 Å². The summed E-state index contributed by atoms with van der Waals surface area (Å²) >= 11 is 0. The zero-order valence-corrected chi connectivity index (χ0v) is 12.0. The van der Waals surface area contributed by atoms with Gasteiger partial charge in [-0.05, 0) is 45.2 Å². The second-order valence-electron chi connectivity index (χ2n) is 5.25. The van der Waals surface area contributed by atoms with Crippen molar-refractivity contribution in [2.75, 3.05) is 0 Å². The van der Waals surface area contributed by atoms with Gasteiger partial charge < -0.3 is 0 Å². The van der Waals surface area contributed by atoms with Gasteiger partial charge in [-0.15, -0.1) is 13.2 Å². The van der Waals surface area contributed by atoms with Gasteiger partial charge in [-0.25, -0.2) is 0 Å². The Hall–Kier alpha value is -1.70. The Morgan fingerprint density at radius 1 is 1.21 bits per heavy atom. The van der Waals surface area contributed by atoms with Gasteiger partial charge in [0.1, 0.15) is 0 Å². The van der Waals surface area contributed by atoms with Gasteiger partial charge >= 0.3 is 0 Å². The Morgan fingerprint density at radius 3 is 2.47 bits per heavy atom. The van der Waals surface area contributed by atoms with Gasteiger partial charge in [0.15, 0.2) is 0 Å². The minimum absolute atomic E-state index is 0.223.